The van der Waals surface area contributed by atoms with Crippen LogP contribution in [0.5, 0.6) is 0 Å². The lowest BCUT2D eigenvalue weighted by atomic mass is 10.0. The van der Waals surface area contributed by atoms with Gasteiger partial charge in [0.25, 0.3) is 0 Å². The fourth-order valence-corrected chi connectivity index (χ4v) is 1.18. The maximum Gasteiger partial charge on any atom is 0.00892 e. The third kappa shape index (κ3) is 2.43. The third-order valence-corrected chi connectivity index (χ3v) is 1.89. The van der Waals surface area contributed by atoms with E-state index in [0.717, 1.165) is 24.8 Å². The molecular weight excluding hydrogens is 144 g/mol. The molecule has 0 saturated carbocycles. The van der Waals surface area contributed by atoms with E-state index in [0.29, 0.717) is 0 Å². The maximum atomic E-state index is 5.17. The Balaban J connectivity index is 2.53. The zero-order valence-electron chi connectivity index (χ0n) is 7.22. The molecule has 1 aromatic rings. The number of hydrogen-bond acceptors (Lipinski definition) is 0. The number of hydrogen-bond donors (Lipinski definition) is 0. The van der Waals surface area contributed by atoms with Gasteiger partial charge in [-0.05, 0) is 30.9 Å². The fourth-order valence-electron chi connectivity index (χ4n) is 1.18. The minimum Gasteiger partial charge on any atom is -0.120 e. The van der Waals surface area contributed by atoms with Gasteiger partial charge in [0.2, 0.25) is 0 Å². The molecule has 0 N–H and O–H groups in total. The number of terminal acetylenes is 1. The summed E-state index contributed by atoms with van der Waals surface area (Å²) in [5.74, 6) is 2.64. The maximum absolute atomic E-state index is 5.17. The van der Waals surface area contributed by atoms with Crippen LogP contribution in [0.1, 0.15) is 24.0 Å². The van der Waals surface area contributed by atoms with E-state index in [4.69, 9.17) is 6.42 Å². The molecule has 0 bridgehead atoms. The van der Waals surface area contributed by atoms with Gasteiger partial charge in [-0.1, -0.05) is 24.3 Å². The van der Waals surface area contributed by atoms with Crippen molar-refractivity contribution in [3.63, 3.8) is 0 Å². The van der Waals surface area contributed by atoms with E-state index in [1.807, 2.05) is 18.2 Å². The molecule has 1 rings (SSSR count). The third-order valence-electron chi connectivity index (χ3n) is 1.89. The highest BCUT2D eigenvalue weighted by atomic mass is 14.0. The Kier molecular flexibility index (Phi) is 3.41. The van der Waals surface area contributed by atoms with Crippen molar-refractivity contribution in [2.75, 3.05) is 0 Å². The van der Waals surface area contributed by atoms with Crippen LogP contribution in [-0.4, -0.2) is 0 Å². The molecule has 0 fully saturated rings. The van der Waals surface area contributed by atoms with E-state index in [1.165, 1.54) is 5.56 Å². The summed E-state index contributed by atoms with van der Waals surface area (Å²) in [4.78, 5) is 0. The molecule has 0 aliphatic carbocycles. The number of unbranched alkanes of at least 4 members (excludes halogenated alkanes) is 1. The van der Waals surface area contributed by atoms with Gasteiger partial charge in [0.1, 0.15) is 0 Å². The predicted molar refractivity (Wildman–Crippen MR) is 52.7 cm³/mol. The molecule has 0 spiro atoms. The SMILES string of the molecule is C#CCCCc1ccccc1[CH2]. The first-order valence-corrected chi connectivity index (χ1v) is 4.18. The highest BCUT2D eigenvalue weighted by Crippen LogP contribution is 2.09. The Labute approximate surface area is 74.6 Å². The van der Waals surface area contributed by atoms with Crippen molar-refractivity contribution in [1.29, 1.82) is 0 Å². The summed E-state index contributed by atoms with van der Waals surface area (Å²) in [6.45, 7) is 3.95. The van der Waals surface area contributed by atoms with Crippen molar-refractivity contribution in [3.05, 3.63) is 42.3 Å². The normalized spacial score (nSPS) is 9.33. The van der Waals surface area contributed by atoms with Gasteiger partial charge in [0.15, 0.2) is 0 Å². The van der Waals surface area contributed by atoms with Crippen molar-refractivity contribution in [3.8, 4) is 12.3 Å². The van der Waals surface area contributed by atoms with Crippen molar-refractivity contribution >= 4 is 0 Å². The molecule has 0 amide bonds. The lowest BCUT2D eigenvalue weighted by Crippen LogP contribution is -1.88. The highest BCUT2D eigenvalue weighted by molar-refractivity contribution is 5.29. The van der Waals surface area contributed by atoms with Gasteiger partial charge in [-0.2, -0.15) is 0 Å². The molecule has 0 aliphatic rings. The molecule has 0 unspecified atom stereocenters. The Bertz CT molecular complexity index is 278. The minimum atomic E-state index is 0.855. The minimum absolute atomic E-state index is 0.855. The lowest BCUT2D eigenvalue weighted by molar-refractivity contribution is 0.855. The summed E-state index contributed by atoms with van der Waals surface area (Å²) in [5.41, 5.74) is 2.43. The summed E-state index contributed by atoms with van der Waals surface area (Å²) in [5, 5.41) is 0. The van der Waals surface area contributed by atoms with Gasteiger partial charge < -0.3 is 0 Å². The molecule has 12 heavy (non-hydrogen) atoms. The number of rotatable bonds is 3. The molecule has 0 atom stereocenters. The van der Waals surface area contributed by atoms with Gasteiger partial charge in [-0.25, -0.2) is 0 Å². The van der Waals surface area contributed by atoms with Gasteiger partial charge in [0, 0.05) is 6.42 Å². The number of aryl methyl sites for hydroxylation is 1. The van der Waals surface area contributed by atoms with Crippen LogP contribution >= 0.6 is 0 Å². The molecule has 0 aromatic heterocycles. The smallest absolute Gasteiger partial charge is 0.00892 e. The molecule has 61 valence electrons. The van der Waals surface area contributed by atoms with Crippen molar-refractivity contribution in [1.82, 2.24) is 0 Å². The summed E-state index contributed by atoms with van der Waals surface area (Å²) in [7, 11) is 0. The first-order chi connectivity index (χ1) is 5.84. The zero-order valence-corrected chi connectivity index (χ0v) is 7.22. The van der Waals surface area contributed by atoms with Crippen molar-refractivity contribution < 1.29 is 0 Å². The quantitative estimate of drug-likeness (QED) is 0.467. The summed E-state index contributed by atoms with van der Waals surface area (Å²) >= 11 is 0. The van der Waals surface area contributed by atoms with Crippen LogP contribution < -0.4 is 0 Å². The Morgan fingerprint density at radius 3 is 2.75 bits per heavy atom. The molecule has 0 aliphatic heterocycles. The van der Waals surface area contributed by atoms with Gasteiger partial charge in [-0.3, -0.25) is 0 Å². The van der Waals surface area contributed by atoms with Crippen molar-refractivity contribution in [2.45, 2.75) is 19.3 Å². The van der Waals surface area contributed by atoms with Crippen LogP contribution in [-0.2, 0) is 6.42 Å². The van der Waals surface area contributed by atoms with E-state index in [1.54, 1.807) is 0 Å². The molecule has 0 heteroatoms. The number of benzene rings is 1. The van der Waals surface area contributed by atoms with Crippen LogP contribution in [0.2, 0.25) is 0 Å². The molecule has 1 radical (unpaired) electrons. The van der Waals surface area contributed by atoms with Crippen LogP contribution in [0.25, 0.3) is 0 Å². The Morgan fingerprint density at radius 1 is 1.33 bits per heavy atom. The average Bonchev–Trinajstić information content (AvgIpc) is 2.09. The summed E-state index contributed by atoms with van der Waals surface area (Å²) < 4.78 is 0. The Hall–Kier alpha value is -1.22. The summed E-state index contributed by atoms with van der Waals surface area (Å²) in [6.07, 6.45) is 8.12. The molecule has 0 heterocycles. The van der Waals surface area contributed by atoms with E-state index >= 15 is 0 Å². The van der Waals surface area contributed by atoms with Crippen molar-refractivity contribution in [2.24, 2.45) is 0 Å². The largest absolute Gasteiger partial charge is 0.120 e. The molecule has 0 saturated heterocycles. The molecule has 0 nitrogen and oxygen atoms in total. The fraction of sp³-hybridized carbons (Fsp3) is 0.250. The first-order valence-electron chi connectivity index (χ1n) is 4.18. The standard InChI is InChI=1S/C12H13/c1-3-4-5-9-12-10-7-6-8-11(12)2/h1,6-8,10H,2,4-5,9H2. The highest BCUT2D eigenvalue weighted by Gasteiger charge is 1.94. The van der Waals surface area contributed by atoms with Gasteiger partial charge in [-0.15, -0.1) is 12.3 Å². The van der Waals surface area contributed by atoms with Gasteiger partial charge >= 0.3 is 0 Å². The van der Waals surface area contributed by atoms with E-state index in [9.17, 15) is 0 Å². The summed E-state index contributed by atoms with van der Waals surface area (Å²) in [6, 6.07) is 8.19. The molecule has 1 aromatic carbocycles. The van der Waals surface area contributed by atoms with Crippen LogP contribution in [0, 0.1) is 19.3 Å². The average molecular weight is 157 g/mol. The van der Waals surface area contributed by atoms with E-state index < -0.39 is 0 Å². The van der Waals surface area contributed by atoms with E-state index in [-0.39, 0.29) is 0 Å². The topological polar surface area (TPSA) is 0 Å². The monoisotopic (exact) mass is 157 g/mol. The Morgan fingerprint density at radius 2 is 2.08 bits per heavy atom. The van der Waals surface area contributed by atoms with E-state index in [2.05, 4.69) is 18.9 Å². The van der Waals surface area contributed by atoms with Crippen LogP contribution in [0.4, 0.5) is 0 Å². The van der Waals surface area contributed by atoms with Crippen LogP contribution in [0.3, 0.4) is 0 Å². The second-order valence-corrected chi connectivity index (χ2v) is 2.83. The second-order valence-electron chi connectivity index (χ2n) is 2.83. The first kappa shape index (κ1) is 8.87. The van der Waals surface area contributed by atoms with Crippen LogP contribution in [0.15, 0.2) is 24.3 Å². The second kappa shape index (κ2) is 4.62. The predicted octanol–water partition coefficient (Wildman–Crippen LogP) is 2.82. The van der Waals surface area contributed by atoms with Gasteiger partial charge in [0.05, 0.1) is 0 Å². The zero-order chi connectivity index (χ0) is 8.81. The molecular formula is C12H13. The lowest BCUT2D eigenvalue weighted by Gasteiger charge is -2.02.